The molecule has 0 aliphatic heterocycles. The fourth-order valence-electron chi connectivity index (χ4n) is 1.40. The Bertz CT molecular complexity index is 568. The number of rotatable bonds is 3. The van der Waals surface area contributed by atoms with Gasteiger partial charge in [0.25, 0.3) is 0 Å². The van der Waals surface area contributed by atoms with Crippen molar-refractivity contribution in [3.8, 4) is 5.69 Å². The molecule has 0 fully saturated rings. The summed E-state index contributed by atoms with van der Waals surface area (Å²) in [5.74, 6) is -0.915. The van der Waals surface area contributed by atoms with Crippen molar-refractivity contribution in [2.75, 3.05) is 0 Å². The van der Waals surface area contributed by atoms with Gasteiger partial charge in [-0.3, -0.25) is 4.79 Å². The first-order valence-corrected chi connectivity index (χ1v) is 5.95. The number of aromatic nitrogens is 2. The topological polar surface area (TPSA) is 55.1 Å². The van der Waals surface area contributed by atoms with Crippen molar-refractivity contribution in [3.05, 3.63) is 45.7 Å². The lowest BCUT2D eigenvalue weighted by Gasteiger charge is -2.00. The molecule has 1 aromatic heterocycles. The first-order valence-electron chi connectivity index (χ1n) is 4.78. The number of carbonyl (C=O) groups is 1. The number of benzene rings is 1. The summed E-state index contributed by atoms with van der Waals surface area (Å²) in [7, 11) is 0. The molecule has 17 heavy (non-hydrogen) atoms. The molecule has 0 aliphatic carbocycles. The minimum atomic E-state index is -0.915. The van der Waals surface area contributed by atoms with E-state index in [4.69, 9.17) is 16.7 Å². The van der Waals surface area contributed by atoms with Crippen molar-refractivity contribution in [2.24, 2.45) is 0 Å². The van der Waals surface area contributed by atoms with Crippen molar-refractivity contribution in [3.63, 3.8) is 0 Å². The zero-order chi connectivity index (χ0) is 12.4. The molecule has 6 heteroatoms. The highest BCUT2D eigenvalue weighted by atomic mass is 79.9. The zero-order valence-corrected chi connectivity index (χ0v) is 10.9. The molecular weight excluding hydrogens is 307 g/mol. The maximum atomic E-state index is 10.6. The number of nitrogens with zero attached hydrogens (tertiary/aromatic N) is 2. The monoisotopic (exact) mass is 314 g/mol. The predicted molar refractivity (Wildman–Crippen MR) is 67.6 cm³/mol. The highest BCUT2D eigenvalue weighted by Gasteiger charge is 2.11. The molecule has 2 rings (SSSR count). The molecule has 2 aromatic rings. The summed E-state index contributed by atoms with van der Waals surface area (Å²) in [6.45, 7) is 0. The van der Waals surface area contributed by atoms with Crippen molar-refractivity contribution in [1.29, 1.82) is 0 Å². The molecule has 1 aromatic carbocycles. The molecule has 88 valence electrons. The first kappa shape index (κ1) is 12.1. The van der Waals surface area contributed by atoms with Crippen LogP contribution in [0.15, 0.2) is 34.9 Å². The van der Waals surface area contributed by atoms with Crippen LogP contribution in [0.5, 0.6) is 0 Å². The largest absolute Gasteiger partial charge is 0.481 e. The quantitative estimate of drug-likeness (QED) is 0.947. The molecular formula is C11H8BrClN2O2. The molecule has 0 unspecified atom stereocenters. The Kier molecular flexibility index (Phi) is 3.49. The normalized spacial score (nSPS) is 10.5. The maximum Gasteiger partial charge on any atom is 0.309 e. The van der Waals surface area contributed by atoms with Gasteiger partial charge in [0.1, 0.15) is 0 Å². The highest BCUT2D eigenvalue weighted by molar-refractivity contribution is 9.10. The lowest BCUT2D eigenvalue weighted by Crippen LogP contribution is -2.02. The Morgan fingerprint density at radius 2 is 2.29 bits per heavy atom. The van der Waals surface area contributed by atoms with Crippen LogP contribution in [0.4, 0.5) is 0 Å². The molecule has 4 nitrogen and oxygen atoms in total. The van der Waals surface area contributed by atoms with Gasteiger partial charge in [0.15, 0.2) is 0 Å². The van der Waals surface area contributed by atoms with E-state index in [0.717, 1.165) is 5.69 Å². The van der Waals surface area contributed by atoms with Gasteiger partial charge in [-0.2, -0.15) is 5.10 Å². The Morgan fingerprint density at radius 3 is 2.94 bits per heavy atom. The summed E-state index contributed by atoms with van der Waals surface area (Å²) in [4.78, 5) is 10.6. The van der Waals surface area contributed by atoms with E-state index in [0.29, 0.717) is 15.2 Å². The van der Waals surface area contributed by atoms with Crippen LogP contribution in [-0.2, 0) is 11.2 Å². The molecule has 0 spiro atoms. The van der Waals surface area contributed by atoms with E-state index in [2.05, 4.69) is 21.0 Å². The zero-order valence-electron chi connectivity index (χ0n) is 8.60. The molecule has 0 amide bonds. The van der Waals surface area contributed by atoms with Gasteiger partial charge in [-0.15, -0.1) is 0 Å². The number of carboxylic acids is 1. The fourth-order valence-corrected chi connectivity index (χ4v) is 2.00. The summed E-state index contributed by atoms with van der Waals surface area (Å²) < 4.78 is 2.26. The third-order valence-electron chi connectivity index (χ3n) is 2.13. The van der Waals surface area contributed by atoms with Gasteiger partial charge in [0.2, 0.25) is 0 Å². The first-order chi connectivity index (χ1) is 8.06. The van der Waals surface area contributed by atoms with Gasteiger partial charge in [-0.1, -0.05) is 17.7 Å². The molecule has 0 saturated heterocycles. The van der Waals surface area contributed by atoms with Crippen molar-refractivity contribution < 1.29 is 9.90 Å². The maximum absolute atomic E-state index is 10.6. The van der Waals surface area contributed by atoms with E-state index in [1.165, 1.54) is 0 Å². The molecule has 0 atom stereocenters. The van der Waals surface area contributed by atoms with Gasteiger partial charge in [-0.25, -0.2) is 4.68 Å². The lowest BCUT2D eigenvalue weighted by atomic mass is 10.3. The third kappa shape index (κ3) is 2.87. The van der Waals surface area contributed by atoms with Crippen LogP contribution in [0.3, 0.4) is 0 Å². The Morgan fingerprint density at radius 1 is 1.53 bits per heavy atom. The second-order valence-electron chi connectivity index (χ2n) is 3.42. The van der Waals surface area contributed by atoms with E-state index in [1.54, 1.807) is 23.0 Å². The summed E-state index contributed by atoms with van der Waals surface area (Å²) in [6.07, 6.45) is 1.60. The SMILES string of the molecule is O=C(O)Cc1nn(-c2cccc(Cl)c2)cc1Br. The smallest absolute Gasteiger partial charge is 0.309 e. The average Bonchev–Trinajstić information content (AvgIpc) is 2.59. The van der Waals surface area contributed by atoms with Crippen LogP contribution < -0.4 is 0 Å². The van der Waals surface area contributed by atoms with Crippen LogP contribution in [0.2, 0.25) is 5.02 Å². The van der Waals surface area contributed by atoms with Crippen molar-refractivity contribution in [1.82, 2.24) is 9.78 Å². The minimum Gasteiger partial charge on any atom is -0.481 e. The molecule has 0 aliphatic rings. The molecule has 0 bridgehead atoms. The number of aliphatic carboxylic acids is 1. The minimum absolute atomic E-state index is 0.117. The molecule has 1 N–H and O–H groups in total. The van der Waals surface area contributed by atoms with Crippen LogP contribution in [-0.4, -0.2) is 20.9 Å². The Hall–Kier alpha value is -1.33. The van der Waals surface area contributed by atoms with Crippen molar-refractivity contribution >= 4 is 33.5 Å². The summed E-state index contributed by atoms with van der Waals surface area (Å²) in [5.41, 5.74) is 1.27. The van der Waals surface area contributed by atoms with Crippen LogP contribution in [0.1, 0.15) is 5.69 Å². The van der Waals surface area contributed by atoms with Gasteiger partial charge >= 0.3 is 5.97 Å². The van der Waals surface area contributed by atoms with Crippen LogP contribution in [0, 0.1) is 0 Å². The Labute approximate surface area is 111 Å². The molecule has 0 radical (unpaired) electrons. The molecule has 0 saturated carbocycles. The van der Waals surface area contributed by atoms with Gasteiger partial charge in [-0.05, 0) is 34.1 Å². The van der Waals surface area contributed by atoms with Crippen molar-refractivity contribution in [2.45, 2.75) is 6.42 Å². The van der Waals surface area contributed by atoms with Crippen LogP contribution in [0.25, 0.3) is 5.69 Å². The summed E-state index contributed by atoms with van der Waals surface area (Å²) in [5, 5.41) is 13.5. The van der Waals surface area contributed by atoms with E-state index >= 15 is 0 Å². The lowest BCUT2D eigenvalue weighted by molar-refractivity contribution is -0.136. The summed E-state index contributed by atoms with van der Waals surface area (Å²) in [6, 6.07) is 7.17. The Balaban J connectivity index is 2.37. The van der Waals surface area contributed by atoms with Gasteiger partial charge < -0.3 is 5.11 Å². The van der Waals surface area contributed by atoms with Gasteiger partial charge in [0, 0.05) is 11.2 Å². The number of halogens is 2. The number of hydrogen-bond acceptors (Lipinski definition) is 2. The van der Waals surface area contributed by atoms with Crippen LogP contribution >= 0.6 is 27.5 Å². The van der Waals surface area contributed by atoms with E-state index in [1.807, 2.05) is 12.1 Å². The van der Waals surface area contributed by atoms with Gasteiger partial charge in [0.05, 0.1) is 22.3 Å². The predicted octanol–water partition coefficient (Wildman–Crippen LogP) is 2.92. The average molecular weight is 316 g/mol. The van der Waals surface area contributed by atoms with E-state index in [9.17, 15) is 4.79 Å². The third-order valence-corrected chi connectivity index (χ3v) is 3.03. The number of hydrogen-bond donors (Lipinski definition) is 1. The summed E-state index contributed by atoms with van der Waals surface area (Å²) >= 11 is 9.16. The highest BCUT2D eigenvalue weighted by Crippen LogP contribution is 2.20. The van der Waals surface area contributed by atoms with E-state index in [-0.39, 0.29) is 6.42 Å². The standard InChI is InChI=1S/C11H8BrClN2O2/c12-9-6-15(14-10(9)5-11(16)17)8-3-1-2-7(13)4-8/h1-4,6H,5H2,(H,16,17). The second kappa shape index (κ2) is 4.89. The second-order valence-corrected chi connectivity index (χ2v) is 4.71. The van der Waals surface area contributed by atoms with E-state index < -0.39 is 5.97 Å². The molecule has 1 heterocycles. The fraction of sp³-hybridized carbons (Fsp3) is 0.0909. The number of carboxylic acid groups (broad SMARTS) is 1.